The Labute approximate surface area is 177 Å². The lowest BCUT2D eigenvalue weighted by Gasteiger charge is -2.31. The fraction of sp³-hybridized carbons (Fsp3) is 0.409. The van der Waals surface area contributed by atoms with Crippen molar-refractivity contribution in [3.63, 3.8) is 0 Å². The number of piperidine rings is 1. The Hall–Kier alpha value is -2.58. The van der Waals surface area contributed by atoms with Crippen molar-refractivity contribution in [3.05, 3.63) is 77.4 Å². The molecule has 7 nitrogen and oxygen atoms in total. The number of benzene rings is 1. The molecule has 158 valence electrons. The van der Waals surface area contributed by atoms with Crippen molar-refractivity contribution >= 4 is 9.84 Å². The van der Waals surface area contributed by atoms with E-state index in [-0.39, 0.29) is 5.75 Å². The molecule has 0 amide bonds. The standard InChI is InChI=1S/C22H27N5O2S/c1-30(28,29)17-18-4-2-6-21(12-18)20-7-10-26(11-8-20)15-22-16-27(25-24-22)14-19-5-3-9-23-13-19/h2-6,9,12-13,16,20H,7-8,10-11,14-15,17H2,1H3. The lowest BCUT2D eigenvalue weighted by atomic mass is 9.88. The van der Waals surface area contributed by atoms with Gasteiger partial charge in [-0.2, -0.15) is 0 Å². The molecule has 1 aliphatic heterocycles. The van der Waals surface area contributed by atoms with Gasteiger partial charge in [0.15, 0.2) is 9.84 Å². The van der Waals surface area contributed by atoms with Gasteiger partial charge in [-0.3, -0.25) is 9.88 Å². The number of hydrogen-bond acceptors (Lipinski definition) is 6. The Kier molecular flexibility index (Phi) is 6.24. The highest BCUT2D eigenvalue weighted by molar-refractivity contribution is 7.89. The summed E-state index contributed by atoms with van der Waals surface area (Å²) in [5.74, 6) is 0.580. The van der Waals surface area contributed by atoms with E-state index in [0.29, 0.717) is 12.5 Å². The zero-order valence-corrected chi connectivity index (χ0v) is 18.0. The van der Waals surface area contributed by atoms with Crippen molar-refractivity contribution in [2.45, 2.75) is 37.6 Å². The van der Waals surface area contributed by atoms with Crippen LogP contribution in [0.25, 0.3) is 0 Å². The summed E-state index contributed by atoms with van der Waals surface area (Å²) in [6.45, 7) is 3.47. The third-order valence-corrected chi connectivity index (χ3v) is 6.34. The highest BCUT2D eigenvalue weighted by Crippen LogP contribution is 2.29. The quantitative estimate of drug-likeness (QED) is 0.579. The fourth-order valence-corrected chi connectivity index (χ4v) is 4.85. The van der Waals surface area contributed by atoms with Gasteiger partial charge in [0.1, 0.15) is 0 Å². The van der Waals surface area contributed by atoms with Crippen molar-refractivity contribution in [1.82, 2.24) is 24.9 Å². The second-order valence-corrected chi connectivity index (χ2v) is 10.3. The first-order chi connectivity index (χ1) is 14.4. The Morgan fingerprint density at radius 1 is 1.07 bits per heavy atom. The molecule has 4 rings (SSSR count). The molecule has 0 unspecified atom stereocenters. The minimum absolute atomic E-state index is 0.106. The first-order valence-corrected chi connectivity index (χ1v) is 12.3. The summed E-state index contributed by atoms with van der Waals surface area (Å²) in [7, 11) is -3.01. The summed E-state index contributed by atoms with van der Waals surface area (Å²) in [5.41, 5.74) is 4.21. The second kappa shape index (κ2) is 9.06. The van der Waals surface area contributed by atoms with Crippen LogP contribution < -0.4 is 0 Å². The second-order valence-electron chi connectivity index (χ2n) is 8.13. The van der Waals surface area contributed by atoms with Gasteiger partial charge >= 0.3 is 0 Å². The Bertz CT molecular complexity index is 1070. The molecule has 1 aliphatic rings. The topological polar surface area (TPSA) is 81.0 Å². The number of pyridine rings is 1. The lowest BCUT2D eigenvalue weighted by Crippen LogP contribution is -2.32. The van der Waals surface area contributed by atoms with E-state index >= 15 is 0 Å². The first-order valence-electron chi connectivity index (χ1n) is 10.2. The largest absolute Gasteiger partial charge is 0.297 e. The van der Waals surface area contributed by atoms with E-state index in [1.165, 1.54) is 11.8 Å². The molecule has 0 N–H and O–H groups in total. The van der Waals surface area contributed by atoms with Gasteiger partial charge in [0.2, 0.25) is 0 Å². The van der Waals surface area contributed by atoms with E-state index < -0.39 is 9.84 Å². The summed E-state index contributed by atoms with van der Waals surface area (Å²) in [6.07, 6.45) is 9.02. The number of likely N-dealkylation sites (tertiary alicyclic amines) is 1. The molecule has 30 heavy (non-hydrogen) atoms. The van der Waals surface area contributed by atoms with Crippen molar-refractivity contribution in [1.29, 1.82) is 0 Å². The van der Waals surface area contributed by atoms with Crippen LogP contribution >= 0.6 is 0 Å². The van der Waals surface area contributed by atoms with E-state index in [9.17, 15) is 8.42 Å². The summed E-state index contributed by atoms with van der Waals surface area (Å²) < 4.78 is 25.0. The van der Waals surface area contributed by atoms with Crippen LogP contribution in [0.3, 0.4) is 0 Å². The van der Waals surface area contributed by atoms with E-state index in [1.807, 2.05) is 41.3 Å². The lowest BCUT2D eigenvalue weighted by molar-refractivity contribution is 0.202. The van der Waals surface area contributed by atoms with E-state index in [2.05, 4.69) is 32.3 Å². The molecule has 3 aromatic rings. The van der Waals surface area contributed by atoms with Crippen molar-refractivity contribution in [2.24, 2.45) is 0 Å². The molecular formula is C22H27N5O2S. The van der Waals surface area contributed by atoms with Crippen molar-refractivity contribution in [2.75, 3.05) is 19.3 Å². The maximum Gasteiger partial charge on any atom is 0.151 e. The van der Waals surface area contributed by atoms with Crippen molar-refractivity contribution < 1.29 is 8.42 Å². The van der Waals surface area contributed by atoms with Gasteiger partial charge in [-0.1, -0.05) is 35.5 Å². The molecule has 3 heterocycles. The fourth-order valence-electron chi connectivity index (χ4n) is 4.06. The highest BCUT2D eigenvalue weighted by Gasteiger charge is 2.22. The monoisotopic (exact) mass is 425 g/mol. The molecule has 2 aromatic heterocycles. The molecule has 0 radical (unpaired) electrons. The maximum absolute atomic E-state index is 11.6. The van der Waals surface area contributed by atoms with Crippen LogP contribution in [0, 0.1) is 0 Å². The van der Waals surface area contributed by atoms with Crippen LogP contribution in [0.15, 0.2) is 55.0 Å². The minimum Gasteiger partial charge on any atom is -0.297 e. The van der Waals surface area contributed by atoms with Gasteiger partial charge in [-0.05, 0) is 54.6 Å². The number of nitrogens with zero attached hydrogens (tertiary/aromatic N) is 5. The zero-order chi connectivity index (χ0) is 21.0. The molecule has 0 spiro atoms. The molecule has 1 aromatic carbocycles. The van der Waals surface area contributed by atoms with E-state index in [4.69, 9.17) is 0 Å². The van der Waals surface area contributed by atoms with Crippen LogP contribution in [-0.2, 0) is 28.7 Å². The smallest absolute Gasteiger partial charge is 0.151 e. The molecule has 0 saturated carbocycles. The number of sulfone groups is 1. The number of aromatic nitrogens is 4. The highest BCUT2D eigenvalue weighted by atomic mass is 32.2. The Balaban J connectivity index is 1.31. The predicted molar refractivity (Wildman–Crippen MR) is 116 cm³/mol. The summed E-state index contributed by atoms with van der Waals surface area (Å²) >= 11 is 0. The predicted octanol–water partition coefficient (Wildman–Crippen LogP) is 2.65. The van der Waals surface area contributed by atoms with Gasteiger partial charge in [-0.15, -0.1) is 5.10 Å². The average Bonchev–Trinajstić information content (AvgIpc) is 3.15. The molecule has 0 bridgehead atoms. The summed E-state index contributed by atoms with van der Waals surface area (Å²) in [6, 6.07) is 12.0. The van der Waals surface area contributed by atoms with Gasteiger partial charge in [-0.25, -0.2) is 13.1 Å². The maximum atomic E-state index is 11.6. The molecule has 0 aliphatic carbocycles. The molecule has 0 atom stereocenters. The Morgan fingerprint density at radius 3 is 2.60 bits per heavy atom. The van der Waals surface area contributed by atoms with Crippen LogP contribution in [0.5, 0.6) is 0 Å². The minimum atomic E-state index is -3.01. The molecule has 1 saturated heterocycles. The van der Waals surface area contributed by atoms with Crippen LogP contribution in [0.2, 0.25) is 0 Å². The Morgan fingerprint density at radius 2 is 1.87 bits per heavy atom. The van der Waals surface area contributed by atoms with Gasteiger partial charge < -0.3 is 0 Å². The van der Waals surface area contributed by atoms with Crippen LogP contribution in [0.4, 0.5) is 0 Å². The first kappa shape index (κ1) is 20.7. The van der Waals surface area contributed by atoms with Crippen LogP contribution in [0.1, 0.15) is 41.1 Å². The third-order valence-electron chi connectivity index (χ3n) is 5.48. The molecular weight excluding hydrogens is 398 g/mol. The number of hydrogen-bond donors (Lipinski definition) is 0. The third kappa shape index (κ3) is 5.73. The molecule has 8 heteroatoms. The van der Waals surface area contributed by atoms with Gasteiger partial charge in [0, 0.05) is 25.2 Å². The molecule has 1 fully saturated rings. The normalized spacial score (nSPS) is 16.0. The van der Waals surface area contributed by atoms with E-state index in [1.54, 1.807) is 6.20 Å². The van der Waals surface area contributed by atoms with Gasteiger partial charge in [0.05, 0.1) is 24.2 Å². The van der Waals surface area contributed by atoms with Crippen molar-refractivity contribution in [3.8, 4) is 0 Å². The number of rotatable bonds is 7. The summed E-state index contributed by atoms with van der Waals surface area (Å²) in [5, 5.41) is 8.56. The summed E-state index contributed by atoms with van der Waals surface area (Å²) in [4.78, 5) is 6.55. The average molecular weight is 426 g/mol. The van der Waals surface area contributed by atoms with E-state index in [0.717, 1.165) is 49.3 Å². The SMILES string of the molecule is CS(=O)(=O)Cc1cccc(C2CCN(Cc3cn(Cc4cccnc4)nn3)CC2)c1. The van der Waals surface area contributed by atoms with Gasteiger partial charge in [0.25, 0.3) is 0 Å². The zero-order valence-electron chi connectivity index (χ0n) is 17.2. The van der Waals surface area contributed by atoms with Crippen LogP contribution in [-0.4, -0.2) is 52.6 Å².